The summed E-state index contributed by atoms with van der Waals surface area (Å²) in [6, 6.07) is 11.4. The van der Waals surface area contributed by atoms with Crippen molar-refractivity contribution in [1.82, 2.24) is 4.98 Å². The zero-order valence-corrected chi connectivity index (χ0v) is 13.7. The zero-order valence-electron chi connectivity index (χ0n) is 11.6. The fraction of sp³-hybridized carbons (Fsp3) is 0.250. The van der Waals surface area contributed by atoms with Crippen molar-refractivity contribution in [2.24, 2.45) is 0 Å². The summed E-state index contributed by atoms with van der Waals surface area (Å²) in [5.74, 6) is 0.879. The molecule has 0 saturated carbocycles. The fourth-order valence-electron chi connectivity index (χ4n) is 2.43. The Morgan fingerprint density at radius 2 is 2.00 bits per heavy atom. The summed E-state index contributed by atoms with van der Waals surface area (Å²) in [7, 11) is 0. The lowest BCUT2D eigenvalue weighted by Gasteiger charge is -2.16. The number of halogens is 1. The number of carbonyl (C=O) groups excluding carboxylic acids is 1. The zero-order chi connectivity index (χ0) is 14.7. The van der Waals surface area contributed by atoms with E-state index in [9.17, 15) is 4.79 Å². The smallest absolute Gasteiger partial charge is 0.255 e. The molecule has 3 rings (SSSR count). The van der Waals surface area contributed by atoms with E-state index in [4.69, 9.17) is 0 Å². The van der Waals surface area contributed by atoms with E-state index < -0.39 is 0 Å². The van der Waals surface area contributed by atoms with Crippen molar-refractivity contribution in [2.75, 3.05) is 23.3 Å². The second-order valence-electron chi connectivity index (χ2n) is 5.06. The van der Waals surface area contributed by atoms with Gasteiger partial charge >= 0.3 is 0 Å². The van der Waals surface area contributed by atoms with Crippen molar-refractivity contribution in [1.29, 1.82) is 0 Å². The van der Waals surface area contributed by atoms with Gasteiger partial charge in [0.2, 0.25) is 0 Å². The molecule has 0 unspecified atom stereocenters. The molecule has 108 valence electrons. The van der Waals surface area contributed by atoms with Gasteiger partial charge in [-0.05, 0) is 65.8 Å². The minimum atomic E-state index is -0.107. The molecular weight excluding hydrogens is 377 g/mol. The molecule has 0 radical (unpaired) electrons. The first-order valence-corrected chi connectivity index (χ1v) is 8.08. The van der Waals surface area contributed by atoms with Gasteiger partial charge in [-0.3, -0.25) is 4.79 Å². The average Bonchev–Trinajstić information content (AvgIpc) is 3.02. The van der Waals surface area contributed by atoms with E-state index in [0.29, 0.717) is 5.56 Å². The summed E-state index contributed by atoms with van der Waals surface area (Å²) in [6.07, 6.45) is 4.18. The van der Waals surface area contributed by atoms with Crippen LogP contribution >= 0.6 is 22.6 Å². The number of hydrogen-bond acceptors (Lipinski definition) is 3. The maximum atomic E-state index is 12.2. The number of rotatable bonds is 3. The maximum Gasteiger partial charge on any atom is 0.255 e. The number of nitrogens with zero attached hydrogens (tertiary/aromatic N) is 2. The fourth-order valence-corrected chi connectivity index (χ4v) is 2.97. The number of anilines is 2. The Hall–Kier alpha value is -1.63. The topological polar surface area (TPSA) is 45.2 Å². The van der Waals surface area contributed by atoms with Crippen molar-refractivity contribution in [3.05, 3.63) is 51.7 Å². The van der Waals surface area contributed by atoms with Crippen LogP contribution in [-0.4, -0.2) is 24.0 Å². The Morgan fingerprint density at radius 1 is 1.19 bits per heavy atom. The van der Waals surface area contributed by atoms with E-state index in [1.54, 1.807) is 6.20 Å². The van der Waals surface area contributed by atoms with Gasteiger partial charge in [-0.25, -0.2) is 4.98 Å². The monoisotopic (exact) mass is 393 g/mol. The lowest BCUT2D eigenvalue weighted by atomic mass is 10.2. The highest BCUT2D eigenvalue weighted by Crippen LogP contribution is 2.19. The third-order valence-electron chi connectivity index (χ3n) is 3.52. The molecule has 21 heavy (non-hydrogen) atoms. The van der Waals surface area contributed by atoms with Gasteiger partial charge in [0, 0.05) is 22.2 Å². The Bertz CT molecular complexity index is 636. The maximum absolute atomic E-state index is 12.2. The SMILES string of the molecule is O=C(Nc1ccc(N2CCCC2)nc1)c1cccc(I)c1. The molecule has 1 fully saturated rings. The average molecular weight is 393 g/mol. The number of carbonyl (C=O) groups is 1. The Labute approximate surface area is 137 Å². The van der Waals surface area contributed by atoms with Gasteiger partial charge in [0.1, 0.15) is 5.82 Å². The molecule has 1 aliphatic heterocycles. The van der Waals surface area contributed by atoms with Crippen LogP contribution in [0.5, 0.6) is 0 Å². The predicted octanol–water partition coefficient (Wildman–Crippen LogP) is 3.54. The van der Waals surface area contributed by atoms with Gasteiger partial charge in [-0.2, -0.15) is 0 Å². The van der Waals surface area contributed by atoms with Crippen molar-refractivity contribution >= 4 is 40.0 Å². The van der Waals surface area contributed by atoms with Crippen LogP contribution in [0.2, 0.25) is 0 Å². The number of aromatic nitrogens is 1. The molecule has 1 aliphatic rings. The molecule has 0 atom stereocenters. The molecule has 1 aromatic carbocycles. The second kappa shape index (κ2) is 6.43. The molecule has 0 spiro atoms. The molecule has 2 heterocycles. The van der Waals surface area contributed by atoms with E-state index in [1.807, 2.05) is 36.4 Å². The number of hydrogen-bond donors (Lipinski definition) is 1. The largest absolute Gasteiger partial charge is 0.357 e. The molecule has 2 aromatic rings. The molecule has 1 amide bonds. The van der Waals surface area contributed by atoms with Crippen LogP contribution in [0, 0.1) is 3.57 Å². The standard InChI is InChI=1S/C16H16IN3O/c17-13-5-3-4-12(10-13)16(21)19-14-6-7-15(18-11-14)20-8-1-2-9-20/h3-7,10-11H,1-2,8-9H2,(H,19,21). The van der Waals surface area contributed by atoms with Crippen molar-refractivity contribution < 1.29 is 4.79 Å². The number of amides is 1. The number of nitrogens with one attached hydrogen (secondary N) is 1. The normalized spacial score (nSPS) is 14.2. The first-order valence-electron chi connectivity index (χ1n) is 7.00. The summed E-state index contributed by atoms with van der Waals surface area (Å²) in [6.45, 7) is 2.14. The molecule has 1 saturated heterocycles. The highest BCUT2D eigenvalue weighted by Gasteiger charge is 2.13. The van der Waals surface area contributed by atoms with Crippen LogP contribution in [0.25, 0.3) is 0 Å². The quantitative estimate of drug-likeness (QED) is 0.812. The van der Waals surface area contributed by atoms with Crippen LogP contribution in [0.1, 0.15) is 23.2 Å². The first kappa shape index (κ1) is 14.3. The molecule has 4 nitrogen and oxygen atoms in total. The minimum absolute atomic E-state index is 0.107. The van der Waals surface area contributed by atoms with E-state index >= 15 is 0 Å². The van der Waals surface area contributed by atoms with Gasteiger partial charge in [0.15, 0.2) is 0 Å². The van der Waals surface area contributed by atoms with Gasteiger partial charge in [0.05, 0.1) is 11.9 Å². The van der Waals surface area contributed by atoms with E-state index in [0.717, 1.165) is 28.2 Å². The summed E-state index contributed by atoms with van der Waals surface area (Å²) in [5.41, 5.74) is 1.38. The molecular formula is C16H16IN3O. The molecule has 0 aliphatic carbocycles. The van der Waals surface area contributed by atoms with E-state index in [2.05, 4.69) is 37.8 Å². The van der Waals surface area contributed by atoms with Crippen LogP contribution in [0.4, 0.5) is 11.5 Å². The van der Waals surface area contributed by atoms with Crippen LogP contribution in [0.15, 0.2) is 42.6 Å². The molecule has 5 heteroatoms. The highest BCUT2D eigenvalue weighted by atomic mass is 127. The van der Waals surface area contributed by atoms with Crippen molar-refractivity contribution in [3.8, 4) is 0 Å². The summed E-state index contributed by atoms with van der Waals surface area (Å²) in [4.78, 5) is 18.9. The summed E-state index contributed by atoms with van der Waals surface area (Å²) < 4.78 is 1.04. The second-order valence-corrected chi connectivity index (χ2v) is 6.31. The predicted molar refractivity (Wildman–Crippen MR) is 92.8 cm³/mol. The van der Waals surface area contributed by atoms with E-state index in [-0.39, 0.29) is 5.91 Å². The van der Waals surface area contributed by atoms with E-state index in [1.165, 1.54) is 12.8 Å². The lowest BCUT2D eigenvalue weighted by molar-refractivity contribution is 0.102. The van der Waals surface area contributed by atoms with Crippen LogP contribution in [-0.2, 0) is 0 Å². The highest BCUT2D eigenvalue weighted by molar-refractivity contribution is 14.1. The van der Waals surface area contributed by atoms with Crippen molar-refractivity contribution in [3.63, 3.8) is 0 Å². The lowest BCUT2D eigenvalue weighted by Crippen LogP contribution is -2.19. The first-order chi connectivity index (χ1) is 10.2. The van der Waals surface area contributed by atoms with Crippen LogP contribution < -0.4 is 10.2 Å². The van der Waals surface area contributed by atoms with Crippen LogP contribution in [0.3, 0.4) is 0 Å². The number of benzene rings is 1. The third kappa shape index (κ3) is 3.53. The molecule has 1 aromatic heterocycles. The van der Waals surface area contributed by atoms with Crippen molar-refractivity contribution in [2.45, 2.75) is 12.8 Å². The van der Waals surface area contributed by atoms with Gasteiger partial charge < -0.3 is 10.2 Å². The summed E-state index contributed by atoms with van der Waals surface area (Å²) >= 11 is 2.20. The van der Waals surface area contributed by atoms with Gasteiger partial charge in [0.25, 0.3) is 5.91 Å². The van der Waals surface area contributed by atoms with Gasteiger partial charge in [-0.15, -0.1) is 0 Å². The third-order valence-corrected chi connectivity index (χ3v) is 4.19. The minimum Gasteiger partial charge on any atom is -0.357 e. The Kier molecular flexibility index (Phi) is 4.38. The Morgan fingerprint density at radius 3 is 2.67 bits per heavy atom. The summed E-state index contributed by atoms with van der Waals surface area (Å²) in [5, 5.41) is 2.88. The molecule has 1 N–H and O–H groups in total. The Balaban J connectivity index is 1.68. The van der Waals surface area contributed by atoms with Gasteiger partial charge in [-0.1, -0.05) is 6.07 Å². The molecule has 0 bridgehead atoms. The number of pyridine rings is 1.